The first-order valence-corrected chi connectivity index (χ1v) is 2.12. The SMILES string of the molecule is C=C[C](C)=[V]. The van der Waals surface area contributed by atoms with Crippen LogP contribution in [0.15, 0.2) is 12.7 Å². The molecule has 0 nitrogen and oxygen atoms in total. The van der Waals surface area contributed by atoms with Gasteiger partial charge < -0.3 is 0 Å². The minimum absolute atomic E-state index is 1.21. The summed E-state index contributed by atoms with van der Waals surface area (Å²) in [5.74, 6) is 0. The summed E-state index contributed by atoms with van der Waals surface area (Å²) in [4.78, 5) is 0. The summed E-state index contributed by atoms with van der Waals surface area (Å²) >= 11 is 2.40. The fourth-order valence-electron chi connectivity index (χ4n) is 0. The Morgan fingerprint density at radius 2 is 2.20 bits per heavy atom. The van der Waals surface area contributed by atoms with Crippen LogP contribution in [0.5, 0.6) is 0 Å². The van der Waals surface area contributed by atoms with Crippen molar-refractivity contribution < 1.29 is 17.0 Å². The topological polar surface area (TPSA) is 0 Å². The van der Waals surface area contributed by atoms with E-state index < -0.39 is 0 Å². The zero-order valence-electron chi connectivity index (χ0n) is 3.23. The van der Waals surface area contributed by atoms with Crippen LogP contribution in [0, 0.1) is 0 Å². The van der Waals surface area contributed by atoms with Gasteiger partial charge in [0, 0.05) is 0 Å². The number of hydrogen-bond donors (Lipinski definition) is 0. The van der Waals surface area contributed by atoms with Gasteiger partial charge in [-0.3, -0.25) is 0 Å². The molecule has 0 unspecified atom stereocenters. The molecule has 1 heteroatoms. The molecule has 27 valence electrons. The Bertz CT molecular complexity index is 54.7. The van der Waals surface area contributed by atoms with Crippen molar-refractivity contribution in [2.45, 2.75) is 6.92 Å². The van der Waals surface area contributed by atoms with Crippen molar-refractivity contribution in [1.82, 2.24) is 0 Å². The second kappa shape index (κ2) is 2.43. The van der Waals surface area contributed by atoms with E-state index >= 15 is 0 Å². The molecule has 0 atom stereocenters. The molecule has 0 fully saturated rings. The maximum atomic E-state index is 3.51. The Morgan fingerprint density at radius 3 is 2.20 bits per heavy atom. The molecule has 0 aromatic carbocycles. The molecule has 0 radical (unpaired) electrons. The average Bonchev–Trinajstić information content (AvgIpc) is 1.38. The normalized spacial score (nSPS) is 6.40. The van der Waals surface area contributed by atoms with Crippen molar-refractivity contribution in [1.29, 1.82) is 0 Å². The molecule has 0 spiro atoms. The van der Waals surface area contributed by atoms with Gasteiger partial charge in [-0.25, -0.2) is 0 Å². The van der Waals surface area contributed by atoms with Gasteiger partial charge in [0.15, 0.2) is 0 Å². The van der Waals surface area contributed by atoms with Crippen molar-refractivity contribution in [2.24, 2.45) is 0 Å². The van der Waals surface area contributed by atoms with E-state index in [4.69, 9.17) is 0 Å². The van der Waals surface area contributed by atoms with Gasteiger partial charge in [-0.05, 0) is 0 Å². The summed E-state index contributed by atoms with van der Waals surface area (Å²) < 4.78 is 1.21. The third-order valence-electron chi connectivity index (χ3n) is 0.295. The molecule has 0 saturated heterocycles. The predicted molar refractivity (Wildman–Crippen MR) is 20.9 cm³/mol. The van der Waals surface area contributed by atoms with Crippen molar-refractivity contribution in [2.75, 3.05) is 0 Å². The quantitative estimate of drug-likeness (QED) is 0.465. The first kappa shape index (κ1) is 5.19. The van der Waals surface area contributed by atoms with Gasteiger partial charge in [0.05, 0.1) is 0 Å². The van der Waals surface area contributed by atoms with Gasteiger partial charge >= 0.3 is 40.8 Å². The van der Waals surface area contributed by atoms with E-state index in [1.165, 1.54) is 4.23 Å². The Balaban J connectivity index is 3.20. The van der Waals surface area contributed by atoms with Crippen LogP contribution in [0.2, 0.25) is 0 Å². The Morgan fingerprint density at radius 1 is 2.00 bits per heavy atom. The standard InChI is InChI=1S/C4H6.V/c1-3-4-2;/h3H,1H2,2H3;. The molecule has 0 heterocycles. The molecule has 0 amide bonds. The summed E-state index contributed by atoms with van der Waals surface area (Å²) in [6, 6.07) is 0. The monoisotopic (exact) mass is 105 g/mol. The van der Waals surface area contributed by atoms with Crippen molar-refractivity contribution >= 4 is 4.23 Å². The van der Waals surface area contributed by atoms with Gasteiger partial charge in [0.25, 0.3) is 0 Å². The van der Waals surface area contributed by atoms with E-state index in [-0.39, 0.29) is 0 Å². The van der Waals surface area contributed by atoms with Crippen molar-refractivity contribution in [3.8, 4) is 0 Å². The van der Waals surface area contributed by atoms with Crippen LogP contribution in [0.3, 0.4) is 0 Å². The summed E-state index contributed by atoms with van der Waals surface area (Å²) in [7, 11) is 0. The van der Waals surface area contributed by atoms with E-state index in [0.717, 1.165) is 0 Å². The molecule has 0 aliphatic rings. The molecule has 5 heavy (non-hydrogen) atoms. The van der Waals surface area contributed by atoms with Gasteiger partial charge in [0.1, 0.15) is 0 Å². The van der Waals surface area contributed by atoms with Gasteiger partial charge in [0.2, 0.25) is 0 Å². The number of allylic oxidation sites excluding steroid dienone is 1. The van der Waals surface area contributed by atoms with Gasteiger partial charge in [-0.2, -0.15) is 0 Å². The van der Waals surface area contributed by atoms with Crippen molar-refractivity contribution in [3.05, 3.63) is 12.7 Å². The zero-order chi connectivity index (χ0) is 4.28. The zero-order valence-corrected chi connectivity index (χ0v) is 4.63. The molecule has 0 aliphatic heterocycles. The van der Waals surface area contributed by atoms with Crippen LogP contribution in [0.4, 0.5) is 0 Å². The molecule has 0 aromatic rings. The molecule has 0 aromatic heterocycles. The summed E-state index contributed by atoms with van der Waals surface area (Å²) in [5, 5.41) is 0. The second-order valence-corrected chi connectivity index (χ2v) is 1.95. The third-order valence-corrected chi connectivity index (χ3v) is 0.581. The van der Waals surface area contributed by atoms with E-state index in [1.54, 1.807) is 6.08 Å². The molecule has 0 N–H and O–H groups in total. The summed E-state index contributed by atoms with van der Waals surface area (Å²) in [6.07, 6.45) is 1.81. The summed E-state index contributed by atoms with van der Waals surface area (Å²) in [5.41, 5.74) is 0. The summed E-state index contributed by atoms with van der Waals surface area (Å²) in [6.45, 7) is 5.50. The second-order valence-electron chi connectivity index (χ2n) is 0.846. The van der Waals surface area contributed by atoms with Gasteiger partial charge in [-0.15, -0.1) is 0 Å². The number of rotatable bonds is 1. The van der Waals surface area contributed by atoms with Crippen LogP contribution in [-0.2, 0) is 17.0 Å². The maximum absolute atomic E-state index is 3.51. The first-order chi connectivity index (χ1) is 2.27. The van der Waals surface area contributed by atoms with E-state index in [9.17, 15) is 0 Å². The Kier molecular flexibility index (Phi) is 2.53. The van der Waals surface area contributed by atoms with Crippen molar-refractivity contribution in [3.63, 3.8) is 0 Å². The Labute approximate surface area is 41.4 Å². The van der Waals surface area contributed by atoms with Crippen LogP contribution < -0.4 is 0 Å². The predicted octanol–water partition coefficient (Wildman–Crippen LogP) is 0.911. The molecule has 0 rings (SSSR count). The first-order valence-electron chi connectivity index (χ1n) is 1.42. The fourth-order valence-corrected chi connectivity index (χ4v) is 0. The van der Waals surface area contributed by atoms with Crippen LogP contribution in [-0.4, -0.2) is 4.23 Å². The third kappa shape index (κ3) is 4.19. The number of hydrogen-bond acceptors (Lipinski definition) is 0. The van der Waals surface area contributed by atoms with Crippen LogP contribution in [0.1, 0.15) is 6.92 Å². The minimum atomic E-state index is 1.21. The molecular weight excluding hydrogens is 99.0 g/mol. The molecule has 0 saturated carbocycles. The van der Waals surface area contributed by atoms with Crippen LogP contribution >= 0.6 is 0 Å². The molecule has 0 aliphatic carbocycles. The van der Waals surface area contributed by atoms with E-state index in [1.807, 2.05) is 6.92 Å². The van der Waals surface area contributed by atoms with E-state index in [2.05, 4.69) is 23.6 Å². The van der Waals surface area contributed by atoms with E-state index in [0.29, 0.717) is 0 Å². The average molecular weight is 105 g/mol. The Hall–Kier alpha value is 0.194. The fraction of sp³-hybridized carbons (Fsp3) is 0.250. The van der Waals surface area contributed by atoms with Gasteiger partial charge in [-0.1, -0.05) is 0 Å². The molecular formula is C4H6V. The van der Waals surface area contributed by atoms with Crippen LogP contribution in [0.25, 0.3) is 0 Å². The molecule has 0 bridgehead atoms.